The van der Waals surface area contributed by atoms with Gasteiger partial charge < -0.3 is 14.5 Å². The van der Waals surface area contributed by atoms with Gasteiger partial charge in [0.05, 0.1) is 18.3 Å². The number of piperazine rings is 1. The minimum absolute atomic E-state index is 0.00723. The van der Waals surface area contributed by atoms with Gasteiger partial charge in [0.15, 0.2) is 5.92 Å². The molecule has 38 heavy (non-hydrogen) atoms. The van der Waals surface area contributed by atoms with Crippen molar-refractivity contribution in [3.63, 3.8) is 0 Å². The van der Waals surface area contributed by atoms with Gasteiger partial charge in [-0.1, -0.05) is 0 Å². The normalized spacial score (nSPS) is 30.5. The Balaban J connectivity index is 1.01. The van der Waals surface area contributed by atoms with Gasteiger partial charge in [-0.05, 0) is 43.9 Å². The molecule has 2 N–H and O–H groups in total. The van der Waals surface area contributed by atoms with E-state index in [1.54, 1.807) is 17.2 Å². The number of carbonyl (C=O) groups is 2. The van der Waals surface area contributed by atoms with Gasteiger partial charge >= 0.3 is 6.18 Å². The number of carbonyl (C=O) groups excluding carboxylic acids is 2. The van der Waals surface area contributed by atoms with Crippen molar-refractivity contribution in [2.45, 2.75) is 37.6 Å². The number of amides is 2. The first kappa shape index (κ1) is 26.6. The molecule has 2 amide bonds. The Labute approximate surface area is 219 Å². The minimum atomic E-state index is -4.59. The van der Waals surface area contributed by atoms with Gasteiger partial charge in [-0.3, -0.25) is 19.9 Å². The average molecular weight is 536 g/mol. The SMILES string of the molecule is N#Cc1ccc(N2CCN(C(=O)C3CC(OCC4CCN(C5CNNC(=O)C5C(F)(F)F)C4)C3)CC2)nc1. The minimum Gasteiger partial charge on any atom is -0.378 e. The van der Waals surface area contributed by atoms with Crippen LogP contribution in [0.1, 0.15) is 24.8 Å². The zero-order chi connectivity index (χ0) is 26.9. The summed E-state index contributed by atoms with van der Waals surface area (Å²) in [4.78, 5) is 34.9. The molecule has 1 aromatic heterocycles. The van der Waals surface area contributed by atoms with Crippen LogP contribution in [0, 0.1) is 29.1 Å². The Hall–Kier alpha value is -2.95. The number of hydrogen-bond donors (Lipinski definition) is 2. The number of ether oxygens (including phenoxy) is 1. The summed E-state index contributed by atoms with van der Waals surface area (Å²) in [7, 11) is 0. The summed E-state index contributed by atoms with van der Waals surface area (Å²) < 4.78 is 46.4. The third-order valence-electron chi connectivity index (χ3n) is 8.13. The van der Waals surface area contributed by atoms with Crippen LogP contribution in [-0.2, 0) is 14.3 Å². The van der Waals surface area contributed by atoms with Gasteiger partial charge in [0, 0.05) is 57.4 Å². The van der Waals surface area contributed by atoms with Crippen LogP contribution < -0.4 is 15.8 Å². The molecule has 13 heteroatoms. The van der Waals surface area contributed by atoms with Crippen LogP contribution in [0.5, 0.6) is 0 Å². The lowest BCUT2D eigenvalue weighted by atomic mass is 9.81. The highest BCUT2D eigenvalue weighted by atomic mass is 19.4. The molecule has 10 nitrogen and oxygen atoms in total. The number of hydrogen-bond acceptors (Lipinski definition) is 8. The van der Waals surface area contributed by atoms with Gasteiger partial charge in [0.25, 0.3) is 0 Å². The number of anilines is 1. The van der Waals surface area contributed by atoms with Crippen LogP contribution in [0.3, 0.4) is 0 Å². The lowest BCUT2D eigenvalue weighted by molar-refractivity contribution is -0.199. The Morgan fingerprint density at radius 2 is 1.95 bits per heavy atom. The molecular formula is C25H32F3N7O3. The molecule has 0 bridgehead atoms. The second-order valence-electron chi connectivity index (χ2n) is 10.6. The van der Waals surface area contributed by atoms with E-state index in [4.69, 9.17) is 10.00 Å². The molecule has 3 saturated heterocycles. The van der Waals surface area contributed by atoms with Crippen LogP contribution >= 0.6 is 0 Å². The number of likely N-dealkylation sites (tertiary alicyclic amines) is 1. The molecule has 206 valence electrons. The lowest BCUT2D eigenvalue weighted by Gasteiger charge is -2.41. The Morgan fingerprint density at radius 1 is 1.18 bits per heavy atom. The van der Waals surface area contributed by atoms with Crippen molar-refractivity contribution in [2.75, 3.05) is 57.3 Å². The zero-order valence-electron chi connectivity index (χ0n) is 21.0. The van der Waals surface area contributed by atoms with Crippen LogP contribution in [0.15, 0.2) is 18.3 Å². The molecule has 0 radical (unpaired) electrons. The molecule has 1 aromatic rings. The maximum atomic E-state index is 13.5. The predicted octanol–water partition coefficient (Wildman–Crippen LogP) is 0.900. The van der Waals surface area contributed by atoms with Crippen molar-refractivity contribution in [1.82, 2.24) is 25.6 Å². The summed E-state index contributed by atoms with van der Waals surface area (Å²) >= 11 is 0. The molecule has 3 atom stereocenters. The molecule has 0 aromatic carbocycles. The van der Waals surface area contributed by atoms with E-state index < -0.39 is 24.0 Å². The smallest absolute Gasteiger partial charge is 0.378 e. The van der Waals surface area contributed by atoms with Crippen molar-refractivity contribution in [1.29, 1.82) is 5.26 Å². The van der Waals surface area contributed by atoms with Crippen LogP contribution in [0.2, 0.25) is 0 Å². The third-order valence-corrected chi connectivity index (χ3v) is 8.13. The molecule has 4 heterocycles. The summed E-state index contributed by atoms with van der Waals surface area (Å²) in [5, 5.41) is 8.92. The van der Waals surface area contributed by atoms with Gasteiger partial charge in [0.1, 0.15) is 11.9 Å². The molecule has 4 aliphatic rings. The average Bonchev–Trinajstić information content (AvgIpc) is 3.36. The molecule has 0 spiro atoms. The number of aromatic nitrogens is 1. The van der Waals surface area contributed by atoms with Crippen molar-refractivity contribution >= 4 is 17.6 Å². The number of nitriles is 1. The summed E-state index contributed by atoms with van der Waals surface area (Å²) in [6, 6.07) is 4.70. The van der Waals surface area contributed by atoms with Crippen molar-refractivity contribution in [3.8, 4) is 6.07 Å². The zero-order valence-corrected chi connectivity index (χ0v) is 21.0. The van der Waals surface area contributed by atoms with Crippen LogP contribution in [0.4, 0.5) is 19.0 Å². The first-order chi connectivity index (χ1) is 18.2. The monoisotopic (exact) mass is 535 g/mol. The molecule has 1 aliphatic carbocycles. The van der Waals surface area contributed by atoms with Crippen molar-refractivity contribution in [3.05, 3.63) is 23.9 Å². The van der Waals surface area contributed by atoms with E-state index in [2.05, 4.69) is 26.8 Å². The number of hydrazine groups is 1. The topological polar surface area (TPSA) is 114 Å². The van der Waals surface area contributed by atoms with Crippen LogP contribution in [0.25, 0.3) is 0 Å². The predicted molar refractivity (Wildman–Crippen MR) is 129 cm³/mol. The molecule has 4 fully saturated rings. The number of pyridine rings is 1. The van der Waals surface area contributed by atoms with Crippen molar-refractivity contribution < 1.29 is 27.5 Å². The fourth-order valence-corrected chi connectivity index (χ4v) is 5.85. The maximum Gasteiger partial charge on any atom is 0.402 e. The van der Waals surface area contributed by atoms with Gasteiger partial charge in [-0.2, -0.15) is 18.4 Å². The number of alkyl halides is 3. The first-order valence-corrected chi connectivity index (χ1v) is 13.1. The highest BCUT2D eigenvalue weighted by Gasteiger charge is 2.53. The van der Waals surface area contributed by atoms with E-state index in [1.807, 2.05) is 11.0 Å². The van der Waals surface area contributed by atoms with E-state index in [0.29, 0.717) is 64.3 Å². The second kappa shape index (κ2) is 11.0. The number of rotatable bonds is 6. The van der Waals surface area contributed by atoms with E-state index >= 15 is 0 Å². The van der Waals surface area contributed by atoms with Gasteiger partial charge in [-0.15, -0.1) is 0 Å². The van der Waals surface area contributed by atoms with E-state index in [0.717, 1.165) is 12.2 Å². The quantitative estimate of drug-likeness (QED) is 0.553. The summed E-state index contributed by atoms with van der Waals surface area (Å²) in [6.07, 6.45) is -1.00. The summed E-state index contributed by atoms with van der Waals surface area (Å²) in [5.74, 6) is -2.08. The Bertz CT molecular complexity index is 1050. The van der Waals surface area contributed by atoms with Gasteiger partial charge in [-0.25, -0.2) is 10.4 Å². The highest BCUT2D eigenvalue weighted by Crippen LogP contribution is 2.36. The standard InChI is InChI=1S/C25H32F3N7O3/c26-25(27,28)22-20(13-31-32-23(22)36)35-4-3-17(14-35)15-38-19-9-18(10-19)24(37)34-7-5-33(6-8-34)21-2-1-16(11-29)12-30-21/h1-2,12,17-20,22,31H,3-10,13-15H2,(H,32,36). The Kier molecular flexibility index (Phi) is 7.74. The molecule has 1 saturated carbocycles. The second-order valence-corrected chi connectivity index (χ2v) is 10.6. The van der Waals surface area contributed by atoms with E-state index in [9.17, 15) is 22.8 Å². The number of halogens is 3. The lowest BCUT2D eigenvalue weighted by Crippen LogP contribution is -2.64. The fraction of sp³-hybridized carbons (Fsp3) is 0.680. The molecule has 3 aliphatic heterocycles. The molecular weight excluding hydrogens is 503 g/mol. The van der Waals surface area contributed by atoms with Crippen LogP contribution in [-0.4, -0.2) is 97.3 Å². The summed E-state index contributed by atoms with van der Waals surface area (Å²) in [6.45, 7) is 4.05. The van der Waals surface area contributed by atoms with E-state index in [-0.39, 0.29) is 30.4 Å². The van der Waals surface area contributed by atoms with Gasteiger partial charge in [0.2, 0.25) is 11.8 Å². The molecule has 5 rings (SSSR count). The Morgan fingerprint density at radius 3 is 2.61 bits per heavy atom. The summed E-state index contributed by atoms with van der Waals surface area (Å²) in [5.41, 5.74) is 5.20. The fourth-order valence-electron chi connectivity index (χ4n) is 5.85. The van der Waals surface area contributed by atoms with Crippen molar-refractivity contribution in [2.24, 2.45) is 17.8 Å². The highest BCUT2D eigenvalue weighted by molar-refractivity contribution is 5.81. The largest absolute Gasteiger partial charge is 0.402 e. The maximum absolute atomic E-state index is 13.5. The third kappa shape index (κ3) is 5.72. The number of nitrogens with one attached hydrogen (secondary N) is 2. The van der Waals surface area contributed by atoms with E-state index in [1.165, 1.54) is 0 Å². The molecule has 3 unspecified atom stereocenters. The number of nitrogens with zero attached hydrogens (tertiary/aromatic N) is 5. The first-order valence-electron chi connectivity index (χ1n) is 13.1.